The highest BCUT2D eigenvalue weighted by molar-refractivity contribution is 7.89. The molecule has 0 saturated carbocycles. The van der Waals surface area contributed by atoms with Gasteiger partial charge in [-0.1, -0.05) is 17.7 Å². The molecule has 2 aromatic carbocycles. The van der Waals surface area contributed by atoms with Gasteiger partial charge in [0.25, 0.3) is 5.91 Å². The Morgan fingerprint density at radius 2 is 1.81 bits per heavy atom. The van der Waals surface area contributed by atoms with Crippen LogP contribution >= 0.6 is 11.6 Å². The number of aromatic nitrogens is 1. The summed E-state index contributed by atoms with van der Waals surface area (Å²) in [5.74, 6) is -0.542. The largest absolute Gasteiger partial charge is 0.321 e. The monoisotopic (exact) mass is 468 g/mol. The number of anilines is 1. The first-order valence-corrected chi connectivity index (χ1v) is 11.5. The number of carbonyl (C=O) groups excluding carboxylic acids is 1. The Kier molecular flexibility index (Phi) is 6.55. The number of amides is 1. The van der Waals surface area contributed by atoms with Crippen LogP contribution < -0.4 is 10.5 Å². The van der Waals surface area contributed by atoms with E-state index in [0.29, 0.717) is 21.8 Å². The fourth-order valence-electron chi connectivity index (χ4n) is 3.35. The second-order valence-corrected chi connectivity index (χ2v) is 9.21. The summed E-state index contributed by atoms with van der Waals surface area (Å²) in [5.41, 5.74) is 4.22. The molecule has 0 fully saturated rings. The zero-order valence-corrected chi connectivity index (χ0v) is 19.3. The zero-order chi connectivity index (χ0) is 23.6. The van der Waals surface area contributed by atoms with Gasteiger partial charge in [0.05, 0.1) is 4.90 Å². The smallest absolute Gasteiger partial charge is 0.266 e. The van der Waals surface area contributed by atoms with E-state index < -0.39 is 15.9 Å². The molecular weight excluding hydrogens is 448 g/mol. The van der Waals surface area contributed by atoms with Crippen LogP contribution in [0.1, 0.15) is 22.5 Å². The highest BCUT2D eigenvalue weighted by Gasteiger charge is 2.16. The fourth-order valence-corrected chi connectivity index (χ4v) is 4.04. The Morgan fingerprint density at radius 3 is 2.41 bits per heavy atom. The Bertz CT molecular complexity index is 1380. The quantitative estimate of drug-likeness (QED) is 0.429. The lowest BCUT2D eigenvalue weighted by atomic mass is 10.1. The molecule has 7 nitrogen and oxygen atoms in total. The van der Waals surface area contributed by atoms with Gasteiger partial charge in [-0.3, -0.25) is 4.79 Å². The molecule has 0 unspecified atom stereocenters. The molecule has 1 heterocycles. The standard InChI is InChI=1S/C23H21ClN4O3S/c1-14-11-17(16(3)28(14)19-7-9-20(10-8-19)32(26,30)31)12-18(13-25)23(29)27-22-6-4-5-21(24)15(22)2/h4-12H,1-3H3,(H,27,29)(H2,26,30,31)/b18-12-. The normalized spacial score (nSPS) is 11.8. The maximum absolute atomic E-state index is 12.7. The summed E-state index contributed by atoms with van der Waals surface area (Å²) in [7, 11) is -3.78. The van der Waals surface area contributed by atoms with Crippen LogP contribution in [-0.4, -0.2) is 18.9 Å². The molecule has 0 aliphatic carbocycles. The second kappa shape index (κ2) is 9.01. The number of aryl methyl sites for hydroxylation is 1. The maximum atomic E-state index is 12.7. The van der Waals surface area contributed by atoms with Crippen molar-refractivity contribution in [1.82, 2.24) is 4.57 Å². The van der Waals surface area contributed by atoms with Crippen LogP contribution in [0.5, 0.6) is 0 Å². The summed E-state index contributed by atoms with van der Waals surface area (Å²) in [4.78, 5) is 12.7. The molecule has 3 rings (SSSR count). The van der Waals surface area contributed by atoms with Crippen LogP contribution in [-0.2, 0) is 14.8 Å². The molecule has 3 N–H and O–H groups in total. The number of halogens is 1. The van der Waals surface area contributed by atoms with Crippen LogP contribution in [0.3, 0.4) is 0 Å². The van der Waals surface area contributed by atoms with Gasteiger partial charge >= 0.3 is 0 Å². The van der Waals surface area contributed by atoms with Crippen molar-refractivity contribution in [3.05, 3.63) is 81.6 Å². The third-order valence-electron chi connectivity index (χ3n) is 5.07. The first-order chi connectivity index (χ1) is 15.0. The van der Waals surface area contributed by atoms with Gasteiger partial charge in [0, 0.05) is 27.8 Å². The number of hydrogen-bond acceptors (Lipinski definition) is 4. The number of benzene rings is 2. The van der Waals surface area contributed by atoms with Gasteiger partial charge in [-0.05, 0) is 80.4 Å². The van der Waals surface area contributed by atoms with Crippen molar-refractivity contribution in [1.29, 1.82) is 5.26 Å². The van der Waals surface area contributed by atoms with Gasteiger partial charge in [0.1, 0.15) is 11.6 Å². The first-order valence-electron chi connectivity index (χ1n) is 9.53. The molecule has 0 spiro atoms. The molecular formula is C23H21ClN4O3S. The van der Waals surface area contributed by atoms with Crippen molar-refractivity contribution in [3.8, 4) is 11.8 Å². The molecule has 0 aliphatic rings. The number of nitrogens with two attached hydrogens (primary N) is 1. The Balaban J connectivity index is 1.95. The van der Waals surface area contributed by atoms with E-state index in [1.54, 1.807) is 37.3 Å². The summed E-state index contributed by atoms with van der Waals surface area (Å²) in [5, 5.41) is 18.0. The van der Waals surface area contributed by atoms with E-state index in [1.165, 1.54) is 18.2 Å². The Morgan fingerprint density at radius 1 is 1.16 bits per heavy atom. The van der Waals surface area contributed by atoms with Crippen molar-refractivity contribution in [2.24, 2.45) is 5.14 Å². The van der Waals surface area contributed by atoms with Gasteiger partial charge in [-0.15, -0.1) is 0 Å². The molecule has 1 aromatic heterocycles. The van der Waals surface area contributed by atoms with Crippen molar-refractivity contribution in [3.63, 3.8) is 0 Å². The average Bonchev–Trinajstić information content (AvgIpc) is 3.01. The molecule has 0 aliphatic heterocycles. The van der Waals surface area contributed by atoms with Crippen molar-refractivity contribution < 1.29 is 13.2 Å². The van der Waals surface area contributed by atoms with E-state index in [1.807, 2.05) is 30.6 Å². The van der Waals surface area contributed by atoms with E-state index in [4.69, 9.17) is 16.7 Å². The van der Waals surface area contributed by atoms with Crippen LogP contribution in [0.25, 0.3) is 11.8 Å². The number of sulfonamides is 1. The predicted octanol–water partition coefficient (Wildman–Crippen LogP) is 4.25. The summed E-state index contributed by atoms with van der Waals surface area (Å²) >= 11 is 6.10. The van der Waals surface area contributed by atoms with Gasteiger partial charge < -0.3 is 9.88 Å². The molecule has 164 valence electrons. The minimum atomic E-state index is -3.78. The van der Waals surface area contributed by atoms with Crippen LogP contribution in [0.2, 0.25) is 5.02 Å². The summed E-state index contributed by atoms with van der Waals surface area (Å²) in [6, 6.07) is 15.1. The first kappa shape index (κ1) is 23.3. The Hall–Kier alpha value is -3.38. The number of hydrogen-bond donors (Lipinski definition) is 2. The lowest BCUT2D eigenvalue weighted by Crippen LogP contribution is -2.14. The number of nitrogens with one attached hydrogen (secondary N) is 1. The minimum absolute atomic E-state index is 0.0172. The topological polar surface area (TPSA) is 118 Å². The molecule has 32 heavy (non-hydrogen) atoms. The number of primary sulfonamides is 1. The van der Waals surface area contributed by atoms with Gasteiger partial charge in [0.2, 0.25) is 10.0 Å². The lowest BCUT2D eigenvalue weighted by Gasteiger charge is -2.10. The SMILES string of the molecule is Cc1c(Cl)cccc1NC(=O)/C(C#N)=C\c1cc(C)n(-c2ccc(S(N)(=O)=O)cc2)c1C. The van der Waals surface area contributed by atoms with Crippen molar-refractivity contribution in [2.45, 2.75) is 25.7 Å². The van der Waals surface area contributed by atoms with Crippen LogP contribution in [0.15, 0.2) is 59.0 Å². The third kappa shape index (κ3) is 4.75. The summed E-state index contributed by atoms with van der Waals surface area (Å²) < 4.78 is 24.9. The molecule has 1 amide bonds. The molecule has 0 bridgehead atoms. The van der Waals surface area contributed by atoms with Gasteiger partial charge in [-0.2, -0.15) is 5.26 Å². The predicted molar refractivity (Wildman–Crippen MR) is 125 cm³/mol. The zero-order valence-electron chi connectivity index (χ0n) is 17.7. The fraction of sp³-hybridized carbons (Fsp3) is 0.130. The van der Waals surface area contributed by atoms with Gasteiger partial charge in [0.15, 0.2) is 0 Å². The van der Waals surface area contributed by atoms with Crippen LogP contribution in [0.4, 0.5) is 5.69 Å². The molecule has 0 atom stereocenters. The summed E-state index contributed by atoms with van der Waals surface area (Å²) in [6.07, 6.45) is 1.52. The number of rotatable bonds is 5. The number of nitriles is 1. The summed E-state index contributed by atoms with van der Waals surface area (Å²) in [6.45, 7) is 5.50. The van der Waals surface area contributed by atoms with E-state index in [-0.39, 0.29) is 10.5 Å². The second-order valence-electron chi connectivity index (χ2n) is 7.24. The number of nitrogens with zero attached hydrogens (tertiary/aromatic N) is 2. The number of carbonyl (C=O) groups is 1. The molecule has 0 saturated heterocycles. The Labute approximate surface area is 191 Å². The minimum Gasteiger partial charge on any atom is -0.321 e. The van der Waals surface area contributed by atoms with Crippen molar-refractivity contribution in [2.75, 3.05) is 5.32 Å². The third-order valence-corrected chi connectivity index (χ3v) is 6.41. The van der Waals surface area contributed by atoms with E-state index in [9.17, 15) is 18.5 Å². The van der Waals surface area contributed by atoms with E-state index >= 15 is 0 Å². The molecule has 3 aromatic rings. The average molecular weight is 469 g/mol. The van der Waals surface area contributed by atoms with E-state index in [0.717, 1.165) is 17.1 Å². The van der Waals surface area contributed by atoms with Crippen molar-refractivity contribution >= 4 is 39.3 Å². The highest BCUT2D eigenvalue weighted by Crippen LogP contribution is 2.26. The molecule has 9 heteroatoms. The molecule has 0 radical (unpaired) electrons. The van der Waals surface area contributed by atoms with Gasteiger partial charge in [-0.25, -0.2) is 13.6 Å². The highest BCUT2D eigenvalue weighted by atomic mass is 35.5. The maximum Gasteiger partial charge on any atom is 0.266 e. The lowest BCUT2D eigenvalue weighted by molar-refractivity contribution is -0.112. The van der Waals surface area contributed by atoms with E-state index in [2.05, 4.69) is 5.32 Å². The van der Waals surface area contributed by atoms with Crippen LogP contribution in [0, 0.1) is 32.1 Å².